The van der Waals surface area contributed by atoms with Crippen LogP contribution in [0.5, 0.6) is 5.75 Å². The molecule has 0 bridgehead atoms. The third-order valence-electron chi connectivity index (χ3n) is 4.89. The Morgan fingerprint density at radius 1 is 1.11 bits per heavy atom. The molecule has 0 amide bonds. The van der Waals surface area contributed by atoms with E-state index >= 15 is 0 Å². The molecule has 6 heteroatoms. The Bertz CT molecular complexity index is 904. The summed E-state index contributed by atoms with van der Waals surface area (Å²) in [6, 6.07) is 16.7. The fraction of sp³-hybridized carbons (Fsp3) is 0.318. The number of hydrogen-bond acceptors (Lipinski definition) is 2. The van der Waals surface area contributed by atoms with Gasteiger partial charge in [-0.15, -0.1) is 0 Å². The molecule has 3 aromatic rings. The summed E-state index contributed by atoms with van der Waals surface area (Å²) in [6.45, 7) is 2.59. The first-order valence-corrected chi connectivity index (χ1v) is 10.00. The minimum atomic E-state index is 0.168. The molecule has 0 saturated carbocycles. The van der Waals surface area contributed by atoms with E-state index < -0.39 is 0 Å². The lowest BCUT2D eigenvalue weighted by atomic mass is 9.91. The molecule has 0 spiro atoms. The van der Waals surface area contributed by atoms with E-state index in [9.17, 15) is 0 Å². The van der Waals surface area contributed by atoms with Gasteiger partial charge in [-0.05, 0) is 41.5 Å². The molecule has 0 fully saturated rings. The standard InChI is InChI=1S/C22H28N4OS/c1-26(2)13-12-23-22(28)25-14-19(16-8-10-17(27-3)11-9-16)20-15-24-21-7-5-4-6-18(20)21/h4-11,15,19,24H,12-14H2,1-3H3,(H2,23,25,28)/p+1/t19-/m0/s1. The first-order chi connectivity index (χ1) is 13.6. The summed E-state index contributed by atoms with van der Waals surface area (Å²) in [7, 11) is 5.96. The molecule has 1 atom stereocenters. The van der Waals surface area contributed by atoms with E-state index in [1.807, 2.05) is 12.1 Å². The van der Waals surface area contributed by atoms with Crippen molar-refractivity contribution in [3.8, 4) is 5.75 Å². The Morgan fingerprint density at radius 3 is 2.57 bits per heavy atom. The minimum Gasteiger partial charge on any atom is -0.497 e. The number of para-hydroxylation sites is 1. The molecular formula is C22H29N4OS+. The number of H-pyrrole nitrogens is 1. The van der Waals surface area contributed by atoms with Crippen LogP contribution in [0.2, 0.25) is 0 Å². The second kappa shape index (κ2) is 9.57. The van der Waals surface area contributed by atoms with Crippen molar-refractivity contribution in [2.45, 2.75) is 5.92 Å². The number of rotatable bonds is 8. The minimum absolute atomic E-state index is 0.168. The molecule has 0 radical (unpaired) electrons. The van der Waals surface area contributed by atoms with Crippen LogP contribution in [-0.4, -0.2) is 50.9 Å². The molecule has 0 unspecified atom stereocenters. The van der Waals surface area contributed by atoms with Crippen LogP contribution in [0, 0.1) is 0 Å². The smallest absolute Gasteiger partial charge is 0.166 e. The fourth-order valence-electron chi connectivity index (χ4n) is 3.31. The van der Waals surface area contributed by atoms with Crippen LogP contribution in [0.1, 0.15) is 17.0 Å². The number of ether oxygens (including phenoxy) is 1. The maximum Gasteiger partial charge on any atom is 0.166 e. The lowest BCUT2D eigenvalue weighted by Crippen LogP contribution is -3.06. The lowest BCUT2D eigenvalue weighted by Gasteiger charge is -2.20. The molecule has 3 rings (SSSR count). The van der Waals surface area contributed by atoms with Gasteiger partial charge in [-0.25, -0.2) is 0 Å². The Hall–Kier alpha value is -2.57. The predicted molar refractivity (Wildman–Crippen MR) is 119 cm³/mol. The monoisotopic (exact) mass is 397 g/mol. The van der Waals surface area contributed by atoms with E-state index in [1.165, 1.54) is 21.4 Å². The van der Waals surface area contributed by atoms with E-state index in [-0.39, 0.29) is 5.92 Å². The van der Waals surface area contributed by atoms with Crippen molar-refractivity contribution in [3.63, 3.8) is 0 Å². The van der Waals surface area contributed by atoms with E-state index in [0.717, 1.165) is 30.9 Å². The molecule has 0 aliphatic carbocycles. The highest BCUT2D eigenvalue weighted by molar-refractivity contribution is 7.80. The number of nitrogens with one attached hydrogen (secondary N) is 4. The zero-order chi connectivity index (χ0) is 19.9. The van der Waals surface area contributed by atoms with Crippen molar-refractivity contribution >= 4 is 28.2 Å². The second-order valence-corrected chi connectivity index (χ2v) is 7.62. The van der Waals surface area contributed by atoms with Gasteiger partial charge in [0.15, 0.2) is 5.11 Å². The Morgan fingerprint density at radius 2 is 1.86 bits per heavy atom. The van der Waals surface area contributed by atoms with E-state index in [0.29, 0.717) is 5.11 Å². The number of benzene rings is 2. The van der Waals surface area contributed by atoms with Crippen LogP contribution >= 0.6 is 12.2 Å². The number of quaternary nitrogens is 1. The maximum absolute atomic E-state index is 5.48. The van der Waals surface area contributed by atoms with Gasteiger partial charge in [0.05, 0.1) is 34.3 Å². The van der Waals surface area contributed by atoms with Crippen LogP contribution in [0.4, 0.5) is 0 Å². The van der Waals surface area contributed by atoms with Gasteiger partial charge in [-0.3, -0.25) is 0 Å². The van der Waals surface area contributed by atoms with Crippen molar-refractivity contribution in [3.05, 3.63) is 65.9 Å². The molecule has 2 aromatic carbocycles. The average Bonchev–Trinajstić information content (AvgIpc) is 3.12. The van der Waals surface area contributed by atoms with Crippen molar-refractivity contribution < 1.29 is 9.64 Å². The van der Waals surface area contributed by atoms with Crippen molar-refractivity contribution in [2.75, 3.05) is 40.8 Å². The zero-order valence-electron chi connectivity index (χ0n) is 16.7. The Balaban J connectivity index is 1.79. The second-order valence-electron chi connectivity index (χ2n) is 7.21. The summed E-state index contributed by atoms with van der Waals surface area (Å²) in [6.07, 6.45) is 2.10. The molecule has 28 heavy (non-hydrogen) atoms. The number of hydrogen-bond donors (Lipinski definition) is 4. The highest BCUT2D eigenvalue weighted by Crippen LogP contribution is 2.31. The van der Waals surface area contributed by atoms with E-state index in [1.54, 1.807) is 7.11 Å². The third kappa shape index (κ3) is 5.03. The van der Waals surface area contributed by atoms with Gasteiger partial charge in [-0.1, -0.05) is 30.3 Å². The number of thiocarbonyl (C=S) groups is 1. The zero-order valence-corrected chi connectivity index (χ0v) is 17.5. The number of aromatic amines is 1. The summed E-state index contributed by atoms with van der Waals surface area (Å²) >= 11 is 5.48. The van der Waals surface area contributed by atoms with E-state index in [4.69, 9.17) is 17.0 Å². The molecular weight excluding hydrogens is 368 g/mol. The SMILES string of the molecule is COc1ccc([C@H](CNC(=S)NCC[NH+](C)C)c2c[nH]c3ccccc23)cc1. The van der Waals surface area contributed by atoms with Gasteiger partial charge >= 0.3 is 0 Å². The van der Waals surface area contributed by atoms with Crippen LogP contribution in [0.3, 0.4) is 0 Å². The lowest BCUT2D eigenvalue weighted by molar-refractivity contribution is -0.856. The third-order valence-corrected chi connectivity index (χ3v) is 5.18. The van der Waals surface area contributed by atoms with Gasteiger partial charge in [0.1, 0.15) is 5.75 Å². The Kier molecular flexibility index (Phi) is 6.90. The largest absolute Gasteiger partial charge is 0.497 e. The predicted octanol–water partition coefficient (Wildman–Crippen LogP) is 1.92. The van der Waals surface area contributed by atoms with Gasteiger partial charge < -0.3 is 25.3 Å². The molecule has 1 aromatic heterocycles. The van der Waals surface area contributed by atoms with Crippen molar-refractivity contribution in [1.29, 1.82) is 0 Å². The summed E-state index contributed by atoms with van der Waals surface area (Å²) in [5.74, 6) is 1.03. The molecule has 148 valence electrons. The van der Waals surface area contributed by atoms with Crippen molar-refractivity contribution in [1.82, 2.24) is 15.6 Å². The topological polar surface area (TPSA) is 53.5 Å². The fourth-order valence-corrected chi connectivity index (χ4v) is 3.49. The van der Waals surface area contributed by atoms with Gasteiger partial charge in [0.2, 0.25) is 0 Å². The summed E-state index contributed by atoms with van der Waals surface area (Å²) in [5.41, 5.74) is 3.62. The van der Waals surface area contributed by atoms with Gasteiger partial charge in [0.25, 0.3) is 0 Å². The quantitative estimate of drug-likeness (QED) is 0.439. The van der Waals surface area contributed by atoms with Crippen LogP contribution in [-0.2, 0) is 0 Å². The maximum atomic E-state index is 5.48. The number of likely N-dealkylation sites (N-methyl/N-ethyl adjacent to an activating group) is 1. The summed E-state index contributed by atoms with van der Waals surface area (Å²) in [5, 5.41) is 8.63. The van der Waals surface area contributed by atoms with Crippen LogP contribution < -0.4 is 20.3 Å². The highest BCUT2D eigenvalue weighted by Gasteiger charge is 2.18. The molecule has 1 heterocycles. The van der Waals surface area contributed by atoms with Crippen molar-refractivity contribution in [2.24, 2.45) is 0 Å². The molecule has 4 N–H and O–H groups in total. The highest BCUT2D eigenvalue weighted by atomic mass is 32.1. The van der Waals surface area contributed by atoms with Gasteiger partial charge in [0, 0.05) is 29.6 Å². The first kappa shape index (κ1) is 20.2. The van der Waals surface area contributed by atoms with E-state index in [2.05, 4.69) is 72.3 Å². The van der Waals surface area contributed by atoms with Crippen LogP contribution in [0.15, 0.2) is 54.7 Å². The number of aromatic nitrogens is 1. The number of fused-ring (bicyclic) bond motifs is 1. The normalized spacial score (nSPS) is 12.1. The number of methoxy groups -OCH3 is 1. The Labute approximate surface area is 172 Å². The first-order valence-electron chi connectivity index (χ1n) is 9.59. The molecule has 0 aliphatic rings. The van der Waals surface area contributed by atoms with Gasteiger partial charge in [-0.2, -0.15) is 0 Å². The summed E-state index contributed by atoms with van der Waals surface area (Å²) < 4.78 is 5.32. The summed E-state index contributed by atoms with van der Waals surface area (Å²) in [4.78, 5) is 4.79. The van der Waals surface area contributed by atoms with Crippen LogP contribution in [0.25, 0.3) is 10.9 Å². The average molecular weight is 398 g/mol. The molecule has 0 aliphatic heterocycles. The molecule has 0 saturated heterocycles. The molecule has 5 nitrogen and oxygen atoms in total.